The molecule has 1 N–H and O–H groups in total. The fourth-order valence-electron chi connectivity index (χ4n) is 3.05. The van der Waals surface area contributed by atoms with E-state index in [-0.39, 0.29) is 0 Å². The number of hydrogen-bond acceptors (Lipinski definition) is 3. The van der Waals surface area contributed by atoms with Crippen LogP contribution < -0.4 is 14.8 Å². The minimum Gasteiger partial charge on any atom is -0.497 e. The zero-order valence-electron chi connectivity index (χ0n) is 12.9. The van der Waals surface area contributed by atoms with Gasteiger partial charge in [-0.1, -0.05) is 19.3 Å². The van der Waals surface area contributed by atoms with E-state index in [0.717, 1.165) is 24.0 Å². The van der Waals surface area contributed by atoms with Gasteiger partial charge in [0.2, 0.25) is 0 Å². The van der Waals surface area contributed by atoms with Gasteiger partial charge in [-0.2, -0.15) is 0 Å². The van der Waals surface area contributed by atoms with Crippen molar-refractivity contribution in [3.05, 3.63) is 23.8 Å². The Balaban J connectivity index is 1.92. The third kappa shape index (κ3) is 4.14. The van der Waals surface area contributed by atoms with Crippen molar-refractivity contribution in [1.82, 2.24) is 5.32 Å². The normalized spacial score (nSPS) is 17.8. The molecule has 20 heavy (non-hydrogen) atoms. The van der Waals surface area contributed by atoms with Crippen LogP contribution in [0.4, 0.5) is 0 Å². The summed E-state index contributed by atoms with van der Waals surface area (Å²) in [5.74, 6) is 2.54. The lowest BCUT2D eigenvalue weighted by molar-refractivity contribution is 0.280. The molecule has 3 nitrogen and oxygen atoms in total. The molecule has 0 radical (unpaired) electrons. The molecular formula is C17H27NO2. The molecule has 1 atom stereocenters. The molecule has 1 aliphatic rings. The number of nitrogens with one attached hydrogen (secondary N) is 1. The molecule has 1 aromatic carbocycles. The van der Waals surface area contributed by atoms with Gasteiger partial charge in [-0.3, -0.25) is 0 Å². The second kappa shape index (κ2) is 7.53. The quantitative estimate of drug-likeness (QED) is 0.858. The summed E-state index contributed by atoms with van der Waals surface area (Å²) in [5, 5.41) is 3.66. The van der Waals surface area contributed by atoms with Gasteiger partial charge >= 0.3 is 0 Å². The van der Waals surface area contributed by atoms with Crippen molar-refractivity contribution in [3.8, 4) is 11.5 Å². The number of hydrogen-bond donors (Lipinski definition) is 1. The zero-order chi connectivity index (χ0) is 14.4. The highest BCUT2D eigenvalue weighted by molar-refractivity contribution is 5.38. The molecule has 0 amide bonds. The average molecular weight is 277 g/mol. The lowest BCUT2D eigenvalue weighted by Crippen LogP contribution is -2.34. The molecule has 0 aliphatic heterocycles. The van der Waals surface area contributed by atoms with Crippen molar-refractivity contribution in [1.29, 1.82) is 0 Å². The largest absolute Gasteiger partial charge is 0.497 e. The molecule has 1 saturated carbocycles. The zero-order valence-corrected chi connectivity index (χ0v) is 12.9. The third-order valence-corrected chi connectivity index (χ3v) is 4.40. The predicted molar refractivity (Wildman–Crippen MR) is 82.4 cm³/mol. The first-order valence-corrected chi connectivity index (χ1v) is 7.68. The molecule has 3 heteroatoms. The van der Waals surface area contributed by atoms with Gasteiger partial charge < -0.3 is 14.8 Å². The molecule has 0 unspecified atom stereocenters. The SMILES string of the molecule is COc1cc(CN[C@H](C)C2CCCCC2)cc(OC)c1. The van der Waals surface area contributed by atoms with Gasteiger partial charge in [0.25, 0.3) is 0 Å². The summed E-state index contributed by atoms with van der Waals surface area (Å²) in [6.07, 6.45) is 6.94. The molecular weight excluding hydrogens is 250 g/mol. The van der Waals surface area contributed by atoms with Crippen molar-refractivity contribution >= 4 is 0 Å². The Kier molecular flexibility index (Phi) is 5.72. The Morgan fingerprint density at radius 1 is 1.05 bits per heavy atom. The standard InChI is InChI=1S/C17H27NO2/c1-13(15-7-5-4-6-8-15)18-12-14-9-16(19-2)11-17(10-14)20-3/h9-11,13,15,18H,4-8,12H2,1-3H3/t13-/m1/s1. The second-order valence-electron chi connectivity index (χ2n) is 5.79. The van der Waals surface area contributed by atoms with Crippen LogP contribution in [0.25, 0.3) is 0 Å². The van der Waals surface area contributed by atoms with Crippen LogP contribution in [0.1, 0.15) is 44.6 Å². The maximum Gasteiger partial charge on any atom is 0.122 e. The minimum absolute atomic E-state index is 0.576. The van der Waals surface area contributed by atoms with E-state index >= 15 is 0 Å². The highest BCUT2D eigenvalue weighted by atomic mass is 16.5. The maximum absolute atomic E-state index is 5.31. The van der Waals surface area contributed by atoms with Gasteiger partial charge in [0, 0.05) is 18.7 Å². The van der Waals surface area contributed by atoms with Gasteiger partial charge in [-0.25, -0.2) is 0 Å². The summed E-state index contributed by atoms with van der Waals surface area (Å²) in [6, 6.07) is 6.63. The number of rotatable bonds is 6. The highest BCUT2D eigenvalue weighted by Crippen LogP contribution is 2.27. The Bertz CT molecular complexity index is 391. The van der Waals surface area contributed by atoms with Crippen LogP contribution >= 0.6 is 0 Å². The molecule has 0 aromatic heterocycles. The fourth-order valence-corrected chi connectivity index (χ4v) is 3.05. The molecule has 1 aromatic rings. The van der Waals surface area contributed by atoms with Gasteiger partial charge in [-0.05, 0) is 43.4 Å². The molecule has 0 saturated heterocycles. The van der Waals surface area contributed by atoms with Gasteiger partial charge in [-0.15, -0.1) is 0 Å². The van der Waals surface area contributed by atoms with Crippen LogP contribution in [0, 0.1) is 5.92 Å². The van der Waals surface area contributed by atoms with Crippen molar-refractivity contribution in [3.63, 3.8) is 0 Å². The topological polar surface area (TPSA) is 30.5 Å². The third-order valence-electron chi connectivity index (χ3n) is 4.40. The summed E-state index contributed by atoms with van der Waals surface area (Å²) in [4.78, 5) is 0. The number of benzene rings is 1. The summed E-state index contributed by atoms with van der Waals surface area (Å²) < 4.78 is 10.6. The van der Waals surface area contributed by atoms with Crippen LogP contribution in [0.15, 0.2) is 18.2 Å². The van der Waals surface area contributed by atoms with E-state index in [1.807, 2.05) is 6.07 Å². The van der Waals surface area contributed by atoms with Crippen LogP contribution in [-0.2, 0) is 6.54 Å². The second-order valence-corrected chi connectivity index (χ2v) is 5.79. The maximum atomic E-state index is 5.31. The lowest BCUT2D eigenvalue weighted by Gasteiger charge is -2.28. The monoisotopic (exact) mass is 277 g/mol. The van der Waals surface area contributed by atoms with Crippen LogP contribution in [-0.4, -0.2) is 20.3 Å². The van der Waals surface area contributed by atoms with Gasteiger partial charge in [0.1, 0.15) is 11.5 Å². The Morgan fingerprint density at radius 2 is 1.65 bits per heavy atom. The average Bonchev–Trinajstić information content (AvgIpc) is 2.53. The number of methoxy groups -OCH3 is 2. The van der Waals surface area contributed by atoms with Crippen molar-refractivity contribution in [2.45, 2.75) is 51.6 Å². The molecule has 1 fully saturated rings. The molecule has 2 rings (SSSR count). The molecule has 112 valence electrons. The van der Waals surface area contributed by atoms with Crippen molar-refractivity contribution in [2.24, 2.45) is 5.92 Å². The predicted octanol–water partition coefficient (Wildman–Crippen LogP) is 3.76. The lowest BCUT2D eigenvalue weighted by atomic mass is 9.84. The molecule has 0 heterocycles. The van der Waals surface area contributed by atoms with Crippen LogP contribution in [0.3, 0.4) is 0 Å². The van der Waals surface area contributed by atoms with Crippen molar-refractivity contribution < 1.29 is 9.47 Å². The Morgan fingerprint density at radius 3 is 2.20 bits per heavy atom. The molecule has 1 aliphatic carbocycles. The van der Waals surface area contributed by atoms with E-state index in [2.05, 4.69) is 24.4 Å². The molecule has 0 spiro atoms. The fraction of sp³-hybridized carbons (Fsp3) is 0.647. The first kappa shape index (κ1) is 15.2. The summed E-state index contributed by atoms with van der Waals surface area (Å²) in [6.45, 7) is 3.18. The van der Waals surface area contributed by atoms with Gasteiger partial charge in [0.05, 0.1) is 14.2 Å². The van der Waals surface area contributed by atoms with Crippen molar-refractivity contribution in [2.75, 3.05) is 14.2 Å². The van der Waals surface area contributed by atoms with Crippen LogP contribution in [0.2, 0.25) is 0 Å². The van der Waals surface area contributed by atoms with E-state index in [9.17, 15) is 0 Å². The first-order chi connectivity index (χ1) is 9.72. The Labute approximate surface area is 122 Å². The minimum atomic E-state index is 0.576. The molecule has 0 bridgehead atoms. The summed E-state index contributed by atoms with van der Waals surface area (Å²) >= 11 is 0. The summed E-state index contributed by atoms with van der Waals surface area (Å²) in [7, 11) is 3.38. The van der Waals surface area contributed by atoms with E-state index < -0.39 is 0 Å². The summed E-state index contributed by atoms with van der Waals surface area (Å²) in [5.41, 5.74) is 1.21. The number of ether oxygens (including phenoxy) is 2. The van der Waals surface area contributed by atoms with E-state index in [1.54, 1.807) is 14.2 Å². The van der Waals surface area contributed by atoms with Gasteiger partial charge in [0.15, 0.2) is 0 Å². The van der Waals surface area contributed by atoms with Crippen LogP contribution in [0.5, 0.6) is 11.5 Å². The highest BCUT2D eigenvalue weighted by Gasteiger charge is 2.19. The van der Waals surface area contributed by atoms with E-state index in [1.165, 1.54) is 37.7 Å². The van der Waals surface area contributed by atoms with E-state index in [4.69, 9.17) is 9.47 Å². The van der Waals surface area contributed by atoms with E-state index in [0.29, 0.717) is 6.04 Å². The first-order valence-electron chi connectivity index (χ1n) is 7.68. The Hall–Kier alpha value is -1.22. The smallest absolute Gasteiger partial charge is 0.122 e.